The van der Waals surface area contributed by atoms with Crippen LogP contribution >= 0.6 is 11.8 Å². The van der Waals surface area contributed by atoms with Gasteiger partial charge in [0.1, 0.15) is 0 Å². The van der Waals surface area contributed by atoms with E-state index >= 15 is 0 Å². The minimum Gasteiger partial charge on any atom is -0.381 e. The SMILES string of the molecule is CSc1ccc(CNc2ccc(CC#N)cc2)cc1. The van der Waals surface area contributed by atoms with Crippen LogP contribution in [-0.4, -0.2) is 6.26 Å². The zero-order valence-corrected chi connectivity index (χ0v) is 11.7. The Kier molecular flexibility index (Phi) is 4.88. The van der Waals surface area contributed by atoms with Crippen LogP contribution in [0.4, 0.5) is 5.69 Å². The molecule has 3 heteroatoms. The van der Waals surface area contributed by atoms with Crippen LogP contribution in [0.1, 0.15) is 11.1 Å². The van der Waals surface area contributed by atoms with Gasteiger partial charge in [-0.25, -0.2) is 0 Å². The lowest BCUT2D eigenvalue weighted by Gasteiger charge is -2.07. The van der Waals surface area contributed by atoms with Gasteiger partial charge in [-0.1, -0.05) is 24.3 Å². The fourth-order valence-electron chi connectivity index (χ4n) is 1.78. The molecule has 1 N–H and O–H groups in total. The summed E-state index contributed by atoms with van der Waals surface area (Å²) in [5.74, 6) is 0. The van der Waals surface area contributed by atoms with E-state index in [2.05, 4.69) is 41.9 Å². The van der Waals surface area contributed by atoms with Crippen LogP contribution < -0.4 is 5.32 Å². The van der Waals surface area contributed by atoms with Crippen molar-refractivity contribution >= 4 is 17.4 Å². The van der Waals surface area contributed by atoms with Gasteiger partial charge in [0.25, 0.3) is 0 Å². The first-order valence-corrected chi connectivity index (χ1v) is 7.37. The van der Waals surface area contributed by atoms with E-state index in [1.165, 1.54) is 10.5 Å². The molecule has 2 rings (SSSR count). The standard InChI is InChI=1S/C16H16N2S/c1-19-16-8-4-14(5-9-16)12-18-15-6-2-13(3-7-15)10-11-17/h2-9,18H,10,12H2,1H3. The topological polar surface area (TPSA) is 35.8 Å². The number of anilines is 1. The molecule has 0 aliphatic carbocycles. The van der Waals surface area contributed by atoms with Crippen LogP contribution in [0.5, 0.6) is 0 Å². The highest BCUT2D eigenvalue weighted by atomic mass is 32.2. The Hall–Kier alpha value is -1.92. The van der Waals surface area contributed by atoms with Crippen molar-refractivity contribution < 1.29 is 0 Å². The molecule has 19 heavy (non-hydrogen) atoms. The van der Waals surface area contributed by atoms with Crippen molar-refractivity contribution in [1.82, 2.24) is 0 Å². The van der Waals surface area contributed by atoms with Crippen LogP contribution in [-0.2, 0) is 13.0 Å². The van der Waals surface area contributed by atoms with E-state index in [1.807, 2.05) is 24.3 Å². The molecule has 0 heterocycles. The molecule has 0 bridgehead atoms. The lowest BCUT2D eigenvalue weighted by molar-refractivity contribution is 1.14. The molecule has 0 amide bonds. The van der Waals surface area contributed by atoms with E-state index in [9.17, 15) is 0 Å². The number of thioether (sulfide) groups is 1. The predicted octanol–water partition coefficient (Wildman–Crippen LogP) is 4.09. The highest BCUT2D eigenvalue weighted by Crippen LogP contribution is 2.16. The molecule has 2 aromatic rings. The molecule has 0 aliphatic heterocycles. The summed E-state index contributed by atoms with van der Waals surface area (Å²) in [7, 11) is 0. The second-order valence-electron chi connectivity index (χ2n) is 4.23. The Morgan fingerprint density at radius 3 is 2.21 bits per heavy atom. The summed E-state index contributed by atoms with van der Waals surface area (Å²) in [6, 6.07) is 18.7. The highest BCUT2D eigenvalue weighted by Gasteiger charge is 1.96. The second-order valence-corrected chi connectivity index (χ2v) is 5.11. The fourth-order valence-corrected chi connectivity index (χ4v) is 2.19. The van der Waals surface area contributed by atoms with E-state index in [-0.39, 0.29) is 0 Å². The molecule has 0 saturated carbocycles. The van der Waals surface area contributed by atoms with Crippen molar-refractivity contribution in [2.24, 2.45) is 0 Å². The molecule has 0 spiro atoms. The first kappa shape index (κ1) is 13.5. The Balaban J connectivity index is 1.92. The van der Waals surface area contributed by atoms with E-state index in [0.29, 0.717) is 6.42 Å². The third kappa shape index (κ3) is 4.04. The van der Waals surface area contributed by atoms with Crippen molar-refractivity contribution in [3.05, 3.63) is 59.7 Å². The number of rotatable bonds is 5. The summed E-state index contributed by atoms with van der Waals surface area (Å²) >= 11 is 1.75. The van der Waals surface area contributed by atoms with Crippen molar-refractivity contribution in [3.8, 4) is 6.07 Å². The summed E-state index contributed by atoms with van der Waals surface area (Å²) in [6.07, 6.45) is 2.55. The Morgan fingerprint density at radius 1 is 1.00 bits per heavy atom. The molecule has 0 atom stereocenters. The Labute approximate surface area is 118 Å². The van der Waals surface area contributed by atoms with Gasteiger partial charge in [0.15, 0.2) is 0 Å². The van der Waals surface area contributed by atoms with Crippen molar-refractivity contribution in [1.29, 1.82) is 5.26 Å². The molecule has 0 aromatic heterocycles. The number of hydrogen-bond donors (Lipinski definition) is 1. The molecular formula is C16H16N2S. The van der Waals surface area contributed by atoms with Gasteiger partial charge >= 0.3 is 0 Å². The molecule has 2 nitrogen and oxygen atoms in total. The summed E-state index contributed by atoms with van der Waals surface area (Å²) in [4.78, 5) is 1.28. The normalized spacial score (nSPS) is 9.89. The molecule has 0 aliphatic rings. The first-order chi connectivity index (χ1) is 9.31. The maximum absolute atomic E-state index is 8.62. The molecule has 0 fully saturated rings. The molecule has 0 unspecified atom stereocenters. The third-order valence-corrected chi connectivity index (χ3v) is 3.64. The summed E-state index contributed by atoms with van der Waals surface area (Å²) < 4.78 is 0. The van der Waals surface area contributed by atoms with Gasteiger partial charge < -0.3 is 5.32 Å². The maximum atomic E-state index is 8.62. The van der Waals surface area contributed by atoms with E-state index < -0.39 is 0 Å². The highest BCUT2D eigenvalue weighted by molar-refractivity contribution is 7.98. The molecular weight excluding hydrogens is 252 g/mol. The van der Waals surface area contributed by atoms with Gasteiger partial charge in [0, 0.05) is 17.1 Å². The van der Waals surface area contributed by atoms with Crippen LogP contribution in [0.25, 0.3) is 0 Å². The van der Waals surface area contributed by atoms with Gasteiger partial charge in [-0.3, -0.25) is 0 Å². The minimum atomic E-state index is 0.469. The van der Waals surface area contributed by atoms with E-state index in [0.717, 1.165) is 17.8 Å². The van der Waals surface area contributed by atoms with Crippen molar-refractivity contribution in [3.63, 3.8) is 0 Å². The van der Waals surface area contributed by atoms with Gasteiger partial charge in [-0.2, -0.15) is 5.26 Å². The number of benzene rings is 2. The van der Waals surface area contributed by atoms with Crippen molar-refractivity contribution in [2.45, 2.75) is 17.9 Å². The van der Waals surface area contributed by atoms with Gasteiger partial charge in [0.05, 0.1) is 12.5 Å². The largest absolute Gasteiger partial charge is 0.381 e. The quantitative estimate of drug-likeness (QED) is 0.830. The third-order valence-electron chi connectivity index (χ3n) is 2.89. The van der Waals surface area contributed by atoms with Gasteiger partial charge in [-0.05, 0) is 41.6 Å². The van der Waals surface area contributed by atoms with Crippen LogP contribution in [0.3, 0.4) is 0 Å². The number of hydrogen-bond acceptors (Lipinski definition) is 3. The van der Waals surface area contributed by atoms with Crippen molar-refractivity contribution in [2.75, 3.05) is 11.6 Å². The zero-order chi connectivity index (χ0) is 13.5. The van der Waals surface area contributed by atoms with Crippen LogP contribution in [0.2, 0.25) is 0 Å². The number of nitrogens with one attached hydrogen (secondary N) is 1. The minimum absolute atomic E-state index is 0.469. The number of nitriles is 1. The maximum Gasteiger partial charge on any atom is 0.0669 e. The monoisotopic (exact) mass is 268 g/mol. The molecule has 2 aromatic carbocycles. The lowest BCUT2D eigenvalue weighted by Crippen LogP contribution is -1.99. The summed E-state index contributed by atoms with van der Waals surface area (Å²) in [5.41, 5.74) is 3.40. The molecule has 0 saturated heterocycles. The smallest absolute Gasteiger partial charge is 0.0669 e. The fraction of sp³-hybridized carbons (Fsp3) is 0.188. The van der Waals surface area contributed by atoms with E-state index in [1.54, 1.807) is 11.8 Å². The zero-order valence-electron chi connectivity index (χ0n) is 10.9. The lowest BCUT2D eigenvalue weighted by atomic mass is 10.1. The predicted molar refractivity (Wildman–Crippen MR) is 81.3 cm³/mol. The Morgan fingerprint density at radius 2 is 1.63 bits per heavy atom. The Bertz CT molecular complexity index is 553. The number of nitrogens with zero attached hydrogens (tertiary/aromatic N) is 1. The van der Waals surface area contributed by atoms with Gasteiger partial charge in [0.2, 0.25) is 0 Å². The van der Waals surface area contributed by atoms with E-state index in [4.69, 9.17) is 5.26 Å². The first-order valence-electron chi connectivity index (χ1n) is 6.14. The average molecular weight is 268 g/mol. The van der Waals surface area contributed by atoms with Crippen LogP contribution in [0.15, 0.2) is 53.4 Å². The molecule has 0 radical (unpaired) electrons. The molecule has 96 valence electrons. The second kappa shape index (κ2) is 6.86. The summed E-state index contributed by atoms with van der Waals surface area (Å²) in [5, 5.41) is 12.0. The summed E-state index contributed by atoms with van der Waals surface area (Å²) in [6.45, 7) is 0.812. The average Bonchev–Trinajstić information content (AvgIpc) is 2.47. The van der Waals surface area contributed by atoms with Crippen LogP contribution in [0, 0.1) is 11.3 Å². The van der Waals surface area contributed by atoms with Gasteiger partial charge in [-0.15, -0.1) is 11.8 Å².